The smallest absolute Gasteiger partial charge is 0.224 e. The first-order chi connectivity index (χ1) is 10.3. The molecule has 0 saturated heterocycles. The van der Waals surface area contributed by atoms with Gasteiger partial charge in [-0.1, -0.05) is 19.1 Å². The molecule has 4 nitrogen and oxygen atoms in total. The predicted molar refractivity (Wildman–Crippen MR) is 82.2 cm³/mol. The molecule has 0 radical (unpaired) electrons. The lowest BCUT2D eigenvalue weighted by Crippen LogP contribution is -2.21. The Kier molecular flexibility index (Phi) is 4.06. The van der Waals surface area contributed by atoms with Crippen LogP contribution in [0.15, 0.2) is 41.2 Å². The summed E-state index contributed by atoms with van der Waals surface area (Å²) in [5.74, 6) is 0.111. The minimum Gasteiger partial charge on any atom is -0.472 e. The van der Waals surface area contributed by atoms with Gasteiger partial charge in [0.2, 0.25) is 5.91 Å². The van der Waals surface area contributed by atoms with E-state index in [0.717, 1.165) is 30.6 Å². The molecule has 4 heteroatoms. The molecule has 0 bridgehead atoms. The van der Waals surface area contributed by atoms with Crippen molar-refractivity contribution in [2.24, 2.45) is 0 Å². The van der Waals surface area contributed by atoms with E-state index in [0.29, 0.717) is 6.42 Å². The van der Waals surface area contributed by atoms with Gasteiger partial charge in [-0.25, -0.2) is 0 Å². The molecule has 0 fully saturated rings. The predicted octanol–water partition coefficient (Wildman–Crippen LogP) is 3.25. The molecule has 110 valence electrons. The first-order valence-corrected chi connectivity index (χ1v) is 7.46. The van der Waals surface area contributed by atoms with Gasteiger partial charge in [0.25, 0.3) is 0 Å². The third kappa shape index (κ3) is 3.00. The van der Waals surface area contributed by atoms with Gasteiger partial charge in [-0.3, -0.25) is 4.79 Å². The van der Waals surface area contributed by atoms with Crippen LogP contribution in [0.1, 0.15) is 42.5 Å². The summed E-state index contributed by atoms with van der Waals surface area (Å²) in [5.41, 5.74) is 4.48. The summed E-state index contributed by atoms with van der Waals surface area (Å²) in [4.78, 5) is 11.6. The number of carbonyl (C=O) groups is 1. The van der Waals surface area contributed by atoms with Crippen molar-refractivity contribution in [3.8, 4) is 0 Å². The maximum Gasteiger partial charge on any atom is 0.224 e. The molecule has 1 aliphatic rings. The summed E-state index contributed by atoms with van der Waals surface area (Å²) in [6, 6.07) is 8.39. The van der Waals surface area contributed by atoms with Gasteiger partial charge in [0.05, 0.1) is 18.6 Å². The number of anilines is 1. The SMILES string of the molecule is CCNC(c1ccoc1)c1ccc2c(c1)CCCC(=O)N2. The van der Waals surface area contributed by atoms with Crippen LogP contribution in [0.5, 0.6) is 0 Å². The second-order valence-corrected chi connectivity index (χ2v) is 5.37. The number of nitrogens with one attached hydrogen (secondary N) is 2. The normalized spacial score (nSPS) is 16.0. The molecule has 1 aromatic heterocycles. The molecule has 0 spiro atoms. The van der Waals surface area contributed by atoms with Crippen molar-refractivity contribution in [1.29, 1.82) is 0 Å². The van der Waals surface area contributed by atoms with Crippen LogP contribution in [0.2, 0.25) is 0 Å². The number of furan rings is 1. The molecule has 0 saturated carbocycles. The van der Waals surface area contributed by atoms with Crippen molar-refractivity contribution < 1.29 is 9.21 Å². The summed E-state index contributed by atoms with van der Waals surface area (Å²) >= 11 is 0. The Labute approximate surface area is 124 Å². The van der Waals surface area contributed by atoms with Gasteiger partial charge in [-0.15, -0.1) is 0 Å². The molecule has 1 amide bonds. The molecule has 1 aromatic carbocycles. The Balaban J connectivity index is 1.94. The number of hydrogen-bond donors (Lipinski definition) is 2. The van der Waals surface area contributed by atoms with Crippen LogP contribution < -0.4 is 10.6 Å². The lowest BCUT2D eigenvalue weighted by molar-refractivity contribution is -0.116. The van der Waals surface area contributed by atoms with Crippen LogP contribution in [-0.2, 0) is 11.2 Å². The maximum absolute atomic E-state index is 11.6. The van der Waals surface area contributed by atoms with Gasteiger partial charge in [-0.2, -0.15) is 0 Å². The number of fused-ring (bicyclic) bond motifs is 1. The third-order valence-corrected chi connectivity index (χ3v) is 3.87. The van der Waals surface area contributed by atoms with E-state index in [1.165, 1.54) is 11.1 Å². The van der Waals surface area contributed by atoms with Crippen molar-refractivity contribution in [3.63, 3.8) is 0 Å². The van der Waals surface area contributed by atoms with Crippen LogP contribution in [-0.4, -0.2) is 12.5 Å². The quantitative estimate of drug-likeness (QED) is 0.906. The van der Waals surface area contributed by atoms with Crippen LogP contribution in [0, 0.1) is 0 Å². The van der Waals surface area contributed by atoms with E-state index in [-0.39, 0.29) is 11.9 Å². The number of benzene rings is 1. The second-order valence-electron chi connectivity index (χ2n) is 5.37. The van der Waals surface area contributed by atoms with Crippen LogP contribution >= 0.6 is 0 Å². The van der Waals surface area contributed by atoms with Gasteiger partial charge in [0, 0.05) is 17.7 Å². The minimum absolute atomic E-state index is 0.111. The number of amides is 1. The fourth-order valence-electron chi connectivity index (χ4n) is 2.85. The molecule has 2 aromatic rings. The Morgan fingerprint density at radius 2 is 2.19 bits per heavy atom. The molecule has 2 N–H and O–H groups in total. The van der Waals surface area contributed by atoms with E-state index < -0.39 is 0 Å². The summed E-state index contributed by atoms with van der Waals surface area (Å²) in [6.07, 6.45) is 5.92. The summed E-state index contributed by atoms with van der Waals surface area (Å²) in [5, 5.41) is 6.46. The maximum atomic E-state index is 11.6. The average Bonchev–Trinajstić information content (AvgIpc) is 2.93. The Morgan fingerprint density at radius 3 is 2.95 bits per heavy atom. The molecule has 2 heterocycles. The first-order valence-electron chi connectivity index (χ1n) is 7.46. The number of carbonyl (C=O) groups excluding carboxylic acids is 1. The summed E-state index contributed by atoms with van der Waals surface area (Å²) < 4.78 is 5.21. The average molecular weight is 284 g/mol. The van der Waals surface area contributed by atoms with Crippen molar-refractivity contribution in [2.75, 3.05) is 11.9 Å². The largest absolute Gasteiger partial charge is 0.472 e. The van der Waals surface area contributed by atoms with Gasteiger partial charge in [0.15, 0.2) is 0 Å². The van der Waals surface area contributed by atoms with E-state index in [2.05, 4.69) is 29.7 Å². The highest BCUT2D eigenvalue weighted by Crippen LogP contribution is 2.29. The van der Waals surface area contributed by atoms with E-state index in [1.54, 1.807) is 12.5 Å². The van der Waals surface area contributed by atoms with Gasteiger partial charge in [-0.05, 0) is 42.6 Å². The van der Waals surface area contributed by atoms with Crippen LogP contribution in [0.3, 0.4) is 0 Å². The zero-order valence-electron chi connectivity index (χ0n) is 12.2. The Morgan fingerprint density at radius 1 is 1.29 bits per heavy atom. The Bertz CT molecular complexity index is 620. The van der Waals surface area contributed by atoms with Crippen molar-refractivity contribution in [2.45, 2.75) is 32.2 Å². The number of rotatable bonds is 4. The van der Waals surface area contributed by atoms with E-state index in [4.69, 9.17) is 4.42 Å². The molecule has 1 atom stereocenters. The zero-order chi connectivity index (χ0) is 14.7. The van der Waals surface area contributed by atoms with Crippen molar-refractivity contribution in [1.82, 2.24) is 5.32 Å². The second kappa shape index (κ2) is 6.14. The highest BCUT2D eigenvalue weighted by atomic mass is 16.3. The molecular weight excluding hydrogens is 264 g/mol. The van der Waals surface area contributed by atoms with Crippen molar-refractivity contribution in [3.05, 3.63) is 53.5 Å². The van der Waals surface area contributed by atoms with E-state index in [9.17, 15) is 4.79 Å². The van der Waals surface area contributed by atoms with Crippen LogP contribution in [0.25, 0.3) is 0 Å². The zero-order valence-corrected chi connectivity index (χ0v) is 12.2. The molecule has 0 aliphatic carbocycles. The van der Waals surface area contributed by atoms with E-state index >= 15 is 0 Å². The highest BCUT2D eigenvalue weighted by molar-refractivity contribution is 5.92. The summed E-state index contributed by atoms with van der Waals surface area (Å²) in [7, 11) is 0. The molecule has 1 unspecified atom stereocenters. The Hall–Kier alpha value is -2.07. The lowest BCUT2D eigenvalue weighted by atomic mass is 9.96. The van der Waals surface area contributed by atoms with Gasteiger partial charge < -0.3 is 15.1 Å². The van der Waals surface area contributed by atoms with Crippen molar-refractivity contribution >= 4 is 11.6 Å². The third-order valence-electron chi connectivity index (χ3n) is 3.87. The summed E-state index contributed by atoms with van der Waals surface area (Å²) in [6.45, 7) is 2.97. The molecule has 21 heavy (non-hydrogen) atoms. The van der Waals surface area contributed by atoms with Gasteiger partial charge >= 0.3 is 0 Å². The monoisotopic (exact) mass is 284 g/mol. The van der Waals surface area contributed by atoms with Crippen LogP contribution in [0.4, 0.5) is 5.69 Å². The van der Waals surface area contributed by atoms with Gasteiger partial charge in [0.1, 0.15) is 0 Å². The number of hydrogen-bond acceptors (Lipinski definition) is 3. The minimum atomic E-state index is 0.111. The highest BCUT2D eigenvalue weighted by Gasteiger charge is 2.18. The standard InChI is InChI=1S/C17H20N2O2/c1-2-18-17(14-8-9-21-11-14)13-6-7-15-12(10-13)4-3-5-16(20)19-15/h6-11,17-18H,2-5H2,1H3,(H,19,20). The topological polar surface area (TPSA) is 54.3 Å². The fraction of sp³-hybridized carbons (Fsp3) is 0.353. The van der Waals surface area contributed by atoms with E-state index in [1.807, 2.05) is 12.1 Å². The number of aryl methyl sites for hydroxylation is 1. The molecular formula is C17H20N2O2. The lowest BCUT2D eigenvalue weighted by Gasteiger charge is -2.19. The fourth-order valence-corrected chi connectivity index (χ4v) is 2.85. The molecule has 1 aliphatic heterocycles. The first kappa shape index (κ1) is 13.9. The molecule has 3 rings (SSSR count).